The summed E-state index contributed by atoms with van der Waals surface area (Å²) < 4.78 is 10.8. The fraction of sp³-hybridized carbons (Fsp3) is 0.650. The van der Waals surface area contributed by atoms with E-state index in [0.29, 0.717) is 13.1 Å². The maximum absolute atomic E-state index is 12.3. The maximum Gasteiger partial charge on any atom is 0.410 e. The van der Waals surface area contributed by atoms with E-state index in [1.54, 1.807) is 23.2 Å². The highest BCUT2D eigenvalue weighted by Crippen LogP contribution is 2.19. The second-order valence-corrected chi connectivity index (χ2v) is 8.84. The van der Waals surface area contributed by atoms with Crippen molar-refractivity contribution in [2.24, 2.45) is 0 Å². The third-order valence-electron chi connectivity index (χ3n) is 3.82. The molecule has 1 aliphatic rings. The minimum atomic E-state index is -0.553. The Kier molecular flexibility index (Phi) is 6.34. The van der Waals surface area contributed by atoms with Gasteiger partial charge in [0.15, 0.2) is 0 Å². The number of nitrogens with one attached hydrogen (secondary N) is 1. The molecule has 1 amide bonds. The van der Waals surface area contributed by atoms with Gasteiger partial charge in [-0.25, -0.2) is 14.6 Å². The highest BCUT2D eigenvalue weighted by Gasteiger charge is 2.27. The molecule has 0 saturated carbocycles. The van der Waals surface area contributed by atoms with E-state index in [2.05, 4.69) is 10.3 Å². The summed E-state index contributed by atoms with van der Waals surface area (Å²) in [6.45, 7) is 12.3. The zero-order valence-corrected chi connectivity index (χ0v) is 17.2. The molecule has 0 radical (unpaired) electrons. The molecular formula is C20H31N3O4. The summed E-state index contributed by atoms with van der Waals surface area (Å²) in [5.41, 5.74) is 0.0229. The molecule has 150 valence electrons. The number of aromatic nitrogens is 1. The number of hydrogen-bond donors (Lipinski definition) is 1. The third kappa shape index (κ3) is 7.07. The van der Waals surface area contributed by atoms with E-state index in [9.17, 15) is 9.59 Å². The van der Waals surface area contributed by atoms with Gasteiger partial charge in [0.2, 0.25) is 0 Å². The van der Waals surface area contributed by atoms with Crippen molar-refractivity contribution in [3.05, 3.63) is 24.0 Å². The summed E-state index contributed by atoms with van der Waals surface area (Å²) in [6.07, 6.45) is 3.19. The molecule has 7 heteroatoms. The van der Waals surface area contributed by atoms with Crippen molar-refractivity contribution in [1.82, 2.24) is 9.88 Å². The van der Waals surface area contributed by atoms with Gasteiger partial charge in [-0.3, -0.25) is 0 Å². The van der Waals surface area contributed by atoms with Crippen LogP contribution in [-0.4, -0.2) is 52.3 Å². The van der Waals surface area contributed by atoms with Gasteiger partial charge in [-0.2, -0.15) is 0 Å². The van der Waals surface area contributed by atoms with Crippen LogP contribution in [0.4, 0.5) is 10.5 Å². The Bertz CT molecular complexity index is 659. The van der Waals surface area contributed by atoms with Crippen LogP contribution in [0.5, 0.6) is 0 Å². The van der Waals surface area contributed by atoms with Crippen LogP contribution in [0.3, 0.4) is 0 Å². The van der Waals surface area contributed by atoms with Crippen LogP contribution in [0.25, 0.3) is 0 Å². The van der Waals surface area contributed by atoms with E-state index in [4.69, 9.17) is 9.47 Å². The van der Waals surface area contributed by atoms with Gasteiger partial charge in [0.05, 0.1) is 11.9 Å². The van der Waals surface area contributed by atoms with Gasteiger partial charge in [-0.1, -0.05) is 0 Å². The lowest BCUT2D eigenvalue weighted by Gasteiger charge is -2.34. The van der Waals surface area contributed by atoms with Crippen molar-refractivity contribution < 1.29 is 19.1 Å². The highest BCUT2D eigenvalue weighted by atomic mass is 16.6. The van der Waals surface area contributed by atoms with E-state index in [1.807, 2.05) is 41.5 Å². The highest BCUT2D eigenvalue weighted by molar-refractivity contribution is 5.87. The van der Waals surface area contributed by atoms with E-state index in [-0.39, 0.29) is 17.8 Å². The van der Waals surface area contributed by atoms with Crippen LogP contribution in [-0.2, 0) is 9.47 Å². The van der Waals surface area contributed by atoms with Gasteiger partial charge < -0.3 is 19.7 Å². The lowest BCUT2D eigenvalue weighted by molar-refractivity contribution is 0.00619. The summed E-state index contributed by atoms with van der Waals surface area (Å²) in [4.78, 5) is 30.2. The quantitative estimate of drug-likeness (QED) is 0.806. The van der Waals surface area contributed by atoms with Crippen LogP contribution in [0.15, 0.2) is 18.3 Å². The Balaban J connectivity index is 1.93. The summed E-state index contributed by atoms with van der Waals surface area (Å²) in [5.74, 6) is -0.442. The fourth-order valence-corrected chi connectivity index (χ4v) is 2.75. The molecule has 1 aliphatic heterocycles. The molecule has 27 heavy (non-hydrogen) atoms. The number of ether oxygens (including phenoxy) is 2. The Labute approximate surface area is 161 Å². The molecule has 1 aromatic heterocycles. The van der Waals surface area contributed by atoms with Crippen molar-refractivity contribution in [3.63, 3.8) is 0 Å². The third-order valence-corrected chi connectivity index (χ3v) is 3.82. The van der Waals surface area contributed by atoms with E-state index in [0.717, 1.165) is 18.5 Å². The molecule has 1 N–H and O–H groups in total. The number of carbonyl (C=O) groups excluding carboxylic acids is 2. The van der Waals surface area contributed by atoms with Gasteiger partial charge in [0, 0.05) is 19.1 Å². The summed E-state index contributed by atoms with van der Waals surface area (Å²) in [6, 6.07) is 3.56. The second-order valence-electron chi connectivity index (χ2n) is 8.84. The summed E-state index contributed by atoms with van der Waals surface area (Å²) in [7, 11) is 0. The topological polar surface area (TPSA) is 80.8 Å². The number of anilines is 1. The number of amides is 1. The van der Waals surface area contributed by atoms with E-state index >= 15 is 0 Å². The minimum Gasteiger partial charge on any atom is -0.455 e. The number of carbonyl (C=O) groups is 2. The Morgan fingerprint density at radius 1 is 1.11 bits per heavy atom. The number of likely N-dealkylation sites (tertiary alicyclic amines) is 1. The second kappa shape index (κ2) is 8.15. The molecule has 0 spiro atoms. The molecule has 2 rings (SSSR count). The first kappa shape index (κ1) is 21.0. The lowest BCUT2D eigenvalue weighted by Crippen LogP contribution is -2.47. The summed E-state index contributed by atoms with van der Waals surface area (Å²) >= 11 is 0. The predicted octanol–water partition coefficient (Wildman–Crippen LogP) is 3.85. The molecule has 7 nitrogen and oxygen atoms in total. The Hall–Kier alpha value is -2.31. The average Bonchev–Trinajstić information content (AvgIpc) is 2.52. The molecule has 2 heterocycles. The zero-order valence-electron chi connectivity index (χ0n) is 17.2. The number of esters is 1. The van der Waals surface area contributed by atoms with Crippen LogP contribution in [0.2, 0.25) is 0 Å². The van der Waals surface area contributed by atoms with Gasteiger partial charge in [0.25, 0.3) is 0 Å². The fourth-order valence-electron chi connectivity index (χ4n) is 2.75. The smallest absolute Gasteiger partial charge is 0.410 e. The maximum atomic E-state index is 12.3. The van der Waals surface area contributed by atoms with Gasteiger partial charge in [-0.05, 0) is 66.5 Å². The first-order chi connectivity index (χ1) is 12.4. The number of rotatable bonds is 3. The van der Waals surface area contributed by atoms with Crippen molar-refractivity contribution >= 4 is 17.7 Å². The SMILES string of the molecule is CC(C)(C)OC(=O)c1ccc(N[C@@H]2CCCN(C(=O)OC(C)(C)C)C2)cn1. The van der Waals surface area contributed by atoms with Crippen LogP contribution < -0.4 is 5.32 Å². The van der Waals surface area contributed by atoms with Crippen molar-refractivity contribution in [2.45, 2.75) is 71.6 Å². The monoisotopic (exact) mass is 377 g/mol. The van der Waals surface area contributed by atoms with Crippen molar-refractivity contribution in [1.29, 1.82) is 0 Å². The van der Waals surface area contributed by atoms with Gasteiger partial charge in [0.1, 0.15) is 16.9 Å². The molecule has 0 aromatic carbocycles. The minimum absolute atomic E-state index is 0.112. The predicted molar refractivity (Wildman–Crippen MR) is 104 cm³/mol. The molecule has 0 bridgehead atoms. The van der Waals surface area contributed by atoms with Crippen molar-refractivity contribution in [2.75, 3.05) is 18.4 Å². The Morgan fingerprint density at radius 3 is 2.33 bits per heavy atom. The molecule has 1 saturated heterocycles. The van der Waals surface area contributed by atoms with Gasteiger partial charge in [-0.15, -0.1) is 0 Å². The first-order valence-electron chi connectivity index (χ1n) is 9.37. The first-order valence-corrected chi connectivity index (χ1v) is 9.37. The van der Waals surface area contributed by atoms with Crippen molar-refractivity contribution in [3.8, 4) is 0 Å². The number of hydrogen-bond acceptors (Lipinski definition) is 6. The molecule has 1 aromatic rings. The largest absolute Gasteiger partial charge is 0.455 e. The van der Waals surface area contributed by atoms with Gasteiger partial charge >= 0.3 is 12.1 Å². The number of nitrogens with zero attached hydrogens (tertiary/aromatic N) is 2. The summed E-state index contributed by atoms with van der Waals surface area (Å²) in [5, 5.41) is 3.38. The molecule has 0 unspecified atom stereocenters. The molecule has 1 fully saturated rings. The van der Waals surface area contributed by atoms with E-state index in [1.165, 1.54) is 0 Å². The molecule has 0 aliphatic carbocycles. The standard InChI is InChI=1S/C20H31N3O4/c1-19(2,3)26-17(24)16-10-9-14(12-21-16)22-15-8-7-11-23(13-15)18(25)27-20(4,5)6/h9-10,12,15,22H,7-8,11,13H2,1-6H3/t15-/m1/s1. The van der Waals surface area contributed by atoms with Crippen LogP contribution in [0.1, 0.15) is 64.9 Å². The van der Waals surface area contributed by atoms with E-state index < -0.39 is 17.2 Å². The molecule has 1 atom stereocenters. The van der Waals surface area contributed by atoms with Crippen LogP contribution in [0, 0.1) is 0 Å². The Morgan fingerprint density at radius 2 is 1.78 bits per heavy atom. The zero-order chi connectivity index (χ0) is 20.2. The van der Waals surface area contributed by atoms with Crippen LogP contribution >= 0.6 is 0 Å². The molecular weight excluding hydrogens is 346 g/mol. The average molecular weight is 377 g/mol. The normalized spacial score (nSPS) is 18.0. The number of piperidine rings is 1. The number of pyridine rings is 1. The lowest BCUT2D eigenvalue weighted by atomic mass is 10.1.